The van der Waals surface area contributed by atoms with E-state index in [-0.39, 0.29) is 35.8 Å². The van der Waals surface area contributed by atoms with Gasteiger partial charge in [-0.3, -0.25) is 19.3 Å². The van der Waals surface area contributed by atoms with Crippen molar-refractivity contribution in [3.8, 4) is 5.75 Å². The van der Waals surface area contributed by atoms with Crippen LogP contribution >= 0.6 is 0 Å². The molecule has 3 aliphatic rings. The smallest absolute Gasteiger partial charge is 0.257 e. The van der Waals surface area contributed by atoms with Gasteiger partial charge < -0.3 is 24.4 Å². The van der Waals surface area contributed by atoms with Crippen molar-refractivity contribution in [1.29, 1.82) is 0 Å². The molecule has 1 aromatic carbocycles. The molecule has 198 valence electrons. The summed E-state index contributed by atoms with van der Waals surface area (Å²) in [7, 11) is 1.55. The van der Waals surface area contributed by atoms with E-state index in [9.17, 15) is 14.4 Å². The molecule has 0 radical (unpaired) electrons. The van der Waals surface area contributed by atoms with Crippen LogP contribution in [-0.4, -0.2) is 85.3 Å². The first-order chi connectivity index (χ1) is 17.1. The summed E-state index contributed by atoms with van der Waals surface area (Å²) >= 11 is 0. The molecule has 1 N–H and O–H groups in total. The second-order valence-electron chi connectivity index (χ2n) is 11.2. The number of nitrogens with zero attached hydrogens (tertiary/aromatic N) is 2. The Morgan fingerprint density at radius 1 is 1.19 bits per heavy atom. The van der Waals surface area contributed by atoms with Crippen LogP contribution in [0.2, 0.25) is 0 Å². The topological polar surface area (TPSA) is 97.4 Å². The maximum absolute atomic E-state index is 13.9. The monoisotopic (exact) mass is 501 g/mol. The zero-order valence-corrected chi connectivity index (χ0v) is 21.9. The number of ether oxygens (including phenoxy) is 3. The first-order valence-corrected chi connectivity index (χ1v) is 12.9. The van der Waals surface area contributed by atoms with E-state index in [1.165, 1.54) is 0 Å². The Bertz CT molecular complexity index is 961. The minimum absolute atomic E-state index is 0.00448. The Morgan fingerprint density at radius 2 is 1.94 bits per heavy atom. The second-order valence-corrected chi connectivity index (χ2v) is 11.2. The van der Waals surface area contributed by atoms with Crippen LogP contribution in [0.3, 0.4) is 0 Å². The van der Waals surface area contributed by atoms with Crippen LogP contribution in [0.1, 0.15) is 63.2 Å². The lowest BCUT2D eigenvalue weighted by molar-refractivity contribution is -0.145. The number of carbonyl (C=O) groups excluding carboxylic acids is 3. The minimum Gasteiger partial charge on any atom is -0.497 e. The summed E-state index contributed by atoms with van der Waals surface area (Å²) in [5.74, 6) is 0.145. The first-order valence-electron chi connectivity index (χ1n) is 12.9. The number of benzene rings is 1. The van der Waals surface area contributed by atoms with Crippen LogP contribution < -0.4 is 10.1 Å². The SMILES string of the molecule is COc1cccc(C(=O)N2C(C(=O)NCC3CCCO3)COC23CCN(C(=O)CC(C)(C)C)CC3)c1. The van der Waals surface area contributed by atoms with Crippen molar-refractivity contribution in [1.82, 2.24) is 15.1 Å². The molecule has 3 amide bonds. The van der Waals surface area contributed by atoms with Crippen LogP contribution in [-0.2, 0) is 19.1 Å². The van der Waals surface area contributed by atoms with Crippen molar-refractivity contribution < 1.29 is 28.6 Å². The quantitative estimate of drug-likeness (QED) is 0.644. The summed E-state index contributed by atoms with van der Waals surface area (Å²) in [6.07, 6.45) is 3.27. The van der Waals surface area contributed by atoms with Crippen LogP contribution in [0.4, 0.5) is 0 Å². The molecular weight excluding hydrogens is 462 g/mol. The van der Waals surface area contributed by atoms with Gasteiger partial charge >= 0.3 is 0 Å². The van der Waals surface area contributed by atoms with Gasteiger partial charge in [0.25, 0.3) is 5.91 Å². The number of amides is 3. The van der Waals surface area contributed by atoms with E-state index in [1.54, 1.807) is 36.3 Å². The first kappa shape index (κ1) is 26.4. The molecule has 0 bridgehead atoms. The van der Waals surface area contributed by atoms with Gasteiger partial charge in [-0.25, -0.2) is 0 Å². The average Bonchev–Trinajstić information content (AvgIpc) is 3.50. The van der Waals surface area contributed by atoms with E-state index >= 15 is 0 Å². The van der Waals surface area contributed by atoms with Crippen molar-refractivity contribution in [2.45, 2.75) is 70.7 Å². The summed E-state index contributed by atoms with van der Waals surface area (Å²) in [5.41, 5.74) is -0.608. The molecule has 3 aliphatic heterocycles. The van der Waals surface area contributed by atoms with Gasteiger partial charge in [-0.1, -0.05) is 26.8 Å². The fraction of sp³-hybridized carbons (Fsp3) is 0.667. The summed E-state index contributed by atoms with van der Waals surface area (Å²) in [4.78, 5) is 43.4. The minimum atomic E-state index is -0.940. The van der Waals surface area contributed by atoms with Crippen LogP contribution in [0, 0.1) is 5.41 Å². The normalized spacial score (nSPS) is 23.7. The van der Waals surface area contributed by atoms with E-state index in [0.29, 0.717) is 56.8 Å². The van der Waals surface area contributed by atoms with Gasteiger partial charge in [0.1, 0.15) is 17.5 Å². The highest BCUT2D eigenvalue weighted by molar-refractivity contribution is 5.98. The zero-order valence-electron chi connectivity index (χ0n) is 21.9. The average molecular weight is 502 g/mol. The Labute approximate surface area is 213 Å². The number of methoxy groups -OCH3 is 1. The van der Waals surface area contributed by atoms with E-state index in [4.69, 9.17) is 14.2 Å². The van der Waals surface area contributed by atoms with Crippen molar-refractivity contribution >= 4 is 17.7 Å². The fourth-order valence-corrected chi connectivity index (χ4v) is 5.27. The van der Waals surface area contributed by atoms with E-state index < -0.39 is 11.8 Å². The molecule has 0 aliphatic carbocycles. The molecule has 9 nitrogen and oxygen atoms in total. The van der Waals surface area contributed by atoms with E-state index in [2.05, 4.69) is 5.32 Å². The van der Waals surface area contributed by atoms with E-state index in [1.807, 2.05) is 25.7 Å². The molecule has 36 heavy (non-hydrogen) atoms. The molecule has 3 fully saturated rings. The second kappa shape index (κ2) is 10.8. The fourth-order valence-electron chi connectivity index (χ4n) is 5.27. The maximum Gasteiger partial charge on any atom is 0.257 e. The predicted octanol–water partition coefficient (Wildman–Crippen LogP) is 2.59. The number of rotatable bonds is 6. The van der Waals surface area contributed by atoms with Crippen molar-refractivity contribution in [2.75, 3.05) is 40.0 Å². The molecular formula is C27H39N3O6. The largest absolute Gasteiger partial charge is 0.497 e. The molecule has 0 aromatic heterocycles. The number of likely N-dealkylation sites (tertiary alicyclic amines) is 1. The maximum atomic E-state index is 13.9. The third-order valence-electron chi connectivity index (χ3n) is 7.21. The molecule has 1 aromatic rings. The Kier molecular flexibility index (Phi) is 7.90. The number of hydrogen-bond acceptors (Lipinski definition) is 6. The van der Waals surface area contributed by atoms with Gasteiger partial charge in [0.15, 0.2) is 0 Å². The van der Waals surface area contributed by atoms with Crippen LogP contribution in [0.25, 0.3) is 0 Å². The lowest BCUT2D eigenvalue weighted by atomic mass is 9.90. The molecule has 0 saturated carbocycles. The highest BCUT2D eigenvalue weighted by Gasteiger charge is 2.54. The third-order valence-corrected chi connectivity index (χ3v) is 7.21. The summed E-state index contributed by atoms with van der Waals surface area (Å²) in [5, 5.41) is 2.97. The number of hydrogen-bond donors (Lipinski definition) is 1. The summed E-state index contributed by atoms with van der Waals surface area (Å²) in [6.45, 7) is 8.32. The standard InChI is InChI=1S/C27H39N3O6/c1-26(2,3)16-23(31)29-12-10-27(11-13-29)30(25(33)19-7-5-8-20(15-19)34-4)22(18-36-27)24(32)28-17-21-9-6-14-35-21/h5,7-8,15,21-22H,6,9-14,16-18H2,1-4H3,(H,28,32). The van der Waals surface area contributed by atoms with Gasteiger partial charge in [-0.15, -0.1) is 0 Å². The van der Waals surface area contributed by atoms with Gasteiger partial charge in [0, 0.05) is 51.1 Å². The molecule has 9 heteroatoms. The van der Waals surface area contributed by atoms with Gasteiger partial charge in [-0.05, 0) is 36.5 Å². The van der Waals surface area contributed by atoms with Gasteiger partial charge in [0.05, 0.1) is 19.8 Å². The zero-order chi connectivity index (χ0) is 25.9. The summed E-state index contributed by atoms with van der Waals surface area (Å²) < 4.78 is 17.2. The molecule has 4 rings (SSSR count). The van der Waals surface area contributed by atoms with Crippen molar-refractivity contribution in [3.63, 3.8) is 0 Å². The van der Waals surface area contributed by atoms with Gasteiger partial charge in [-0.2, -0.15) is 0 Å². The van der Waals surface area contributed by atoms with Gasteiger partial charge in [0.2, 0.25) is 11.8 Å². The highest BCUT2D eigenvalue weighted by Crippen LogP contribution is 2.39. The number of piperidine rings is 1. The molecule has 1 spiro atoms. The van der Waals surface area contributed by atoms with E-state index in [0.717, 1.165) is 12.8 Å². The Balaban J connectivity index is 1.53. The third kappa shape index (κ3) is 5.83. The number of carbonyl (C=O) groups is 3. The van der Waals surface area contributed by atoms with Crippen LogP contribution in [0.15, 0.2) is 24.3 Å². The molecule has 3 heterocycles. The summed E-state index contributed by atoms with van der Waals surface area (Å²) in [6, 6.07) is 6.17. The predicted molar refractivity (Wildman–Crippen MR) is 134 cm³/mol. The number of nitrogens with one attached hydrogen (secondary N) is 1. The van der Waals surface area contributed by atoms with Crippen molar-refractivity contribution in [2.24, 2.45) is 5.41 Å². The van der Waals surface area contributed by atoms with Crippen LogP contribution in [0.5, 0.6) is 5.75 Å². The molecule has 3 saturated heterocycles. The lowest BCUT2D eigenvalue weighted by Gasteiger charge is -2.45. The van der Waals surface area contributed by atoms with Crippen molar-refractivity contribution in [3.05, 3.63) is 29.8 Å². The lowest BCUT2D eigenvalue weighted by Crippen LogP contribution is -2.60. The Hall–Kier alpha value is -2.65. The molecule has 2 unspecified atom stereocenters. The Morgan fingerprint density at radius 3 is 2.58 bits per heavy atom. The molecule has 2 atom stereocenters. The highest BCUT2D eigenvalue weighted by atomic mass is 16.5.